The number of hydrogen-bond acceptors (Lipinski definition) is 3. The maximum absolute atomic E-state index is 4.39. The number of aromatic nitrogens is 2. The van der Waals surface area contributed by atoms with Crippen LogP contribution in [0.2, 0.25) is 0 Å². The molecule has 16 heavy (non-hydrogen) atoms. The molecule has 92 valence electrons. The van der Waals surface area contributed by atoms with Crippen LogP contribution < -0.4 is 5.32 Å². The third-order valence-electron chi connectivity index (χ3n) is 3.04. The van der Waals surface area contributed by atoms with Crippen LogP contribution in [0.15, 0.2) is 4.47 Å². The van der Waals surface area contributed by atoms with Gasteiger partial charge in [-0.05, 0) is 29.9 Å². The number of halogens is 2. The normalized spacial score (nSPS) is 16.1. The van der Waals surface area contributed by atoms with Crippen LogP contribution in [-0.2, 0) is 13.6 Å². The molecule has 0 saturated carbocycles. The van der Waals surface area contributed by atoms with E-state index in [2.05, 4.69) is 38.3 Å². The van der Waals surface area contributed by atoms with E-state index in [1.54, 1.807) is 0 Å². The number of nitrogens with zero attached hydrogens (tertiary/aromatic N) is 3. The third-order valence-corrected chi connectivity index (χ3v) is 4.08. The first-order valence-electron chi connectivity index (χ1n) is 5.18. The second-order valence-corrected chi connectivity index (χ2v) is 4.99. The molecule has 1 N–H and O–H groups in total. The van der Waals surface area contributed by atoms with E-state index in [-0.39, 0.29) is 12.4 Å². The molecule has 0 bridgehead atoms. The Morgan fingerprint density at radius 3 is 2.56 bits per heavy atom. The number of aryl methyl sites for hydroxylation is 2. The fraction of sp³-hybridized carbons (Fsp3) is 0.700. The Labute approximate surface area is 111 Å². The predicted octanol–water partition coefficient (Wildman–Crippen LogP) is 1.32. The molecule has 4 nitrogen and oxygen atoms in total. The van der Waals surface area contributed by atoms with Crippen molar-refractivity contribution in [2.75, 3.05) is 20.1 Å². The zero-order valence-electron chi connectivity index (χ0n) is 9.83. The molecule has 0 aromatic carbocycles. The van der Waals surface area contributed by atoms with E-state index in [1.807, 2.05) is 18.7 Å². The van der Waals surface area contributed by atoms with Gasteiger partial charge >= 0.3 is 0 Å². The number of nitrogens with one attached hydrogen (secondary N) is 1. The molecule has 0 amide bonds. The fourth-order valence-electron chi connectivity index (χ4n) is 1.80. The van der Waals surface area contributed by atoms with Gasteiger partial charge in [-0.15, -0.1) is 12.4 Å². The average molecular weight is 310 g/mol. The lowest BCUT2D eigenvalue weighted by atomic mass is 10.1. The molecule has 0 atom stereocenters. The third kappa shape index (κ3) is 2.59. The van der Waals surface area contributed by atoms with E-state index in [0.717, 1.165) is 29.8 Å². The summed E-state index contributed by atoms with van der Waals surface area (Å²) in [6.45, 7) is 5.18. The Kier molecular flexibility index (Phi) is 4.79. The van der Waals surface area contributed by atoms with Crippen LogP contribution in [0.5, 0.6) is 0 Å². The lowest BCUT2D eigenvalue weighted by Crippen LogP contribution is -2.55. The van der Waals surface area contributed by atoms with E-state index in [0.29, 0.717) is 6.04 Å². The minimum Gasteiger partial charge on any atom is -0.314 e. The summed E-state index contributed by atoms with van der Waals surface area (Å²) in [6, 6.07) is 0.673. The zero-order valence-corrected chi connectivity index (χ0v) is 12.2. The summed E-state index contributed by atoms with van der Waals surface area (Å²) in [6.07, 6.45) is 0. The molecule has 2 rings (SSSR count). The van der Waals surface area contributed by atoms with Crippen molar-refractivity contribution in [2.45, 2.75) is 19.5 Å². The van der Waals surface area contributed by atoms with Crippen LogP contribution in [0.3, 0.4) is 0 Å². The van der Waals surface area contributed by atoms with Gasteiger partial charge in [0.05, 0.1) is 15.9 Å². The van der Waals surface area contributed by atoms with Crippen molar-refractivity contribution in [3.63, 3.8) is 0 Å². The second kappa shape index (κ2) is 5.49. The van der Waals surface area contributed by atoms with Crippen LogP contribution in [0, 0.1) is 6.92 Å². The summed E-state index contributed by atoms with van der Waals surface area (Å²) in [7, 11) is 4.17. The summed E-state index contributed by atoms with van der Waals surface area (Å²) >= 11 is 3.59. The Morgan fingerprint density at radius 1 is 1.56 bits per heavy atom. The van der Waals surface area contributed by atoms with Crippen molar-refractivity contribution < 1.29 is 0 Å². The molecule has 0 radical (unpaired) electrons. The summed E-state index contributed by atoms with van der Waals surface area (Å²) in [5.41, 5.74) is 2.31. The van der Waals surface area contributed by atoms with Crippen molar-refractivity contribution in [3.05, 3.63) is 15.9 Å². The summed E-state index contributed by atoms with van der Waals surface area (Å²) in [5, 5.41) is 7.68. The highest BCUT2D eigenvalue weighted by Crippen LogP contribution is 2.22. The van der Waals surface area contributed by atoms with Crippen molar-refractivity contribution in [1.82, 2.24) is 20.0 Å². The first-order valence-corrected chi connectivity index (χ1v) is 5.98. The molecule has 1 aliphatic rings. The molecule has 2 heterocycles. The predicted molar refractivity (Wildman–Crippen MR) is 71.0 cm³/mol. The summed E-state index contributed by atoms with van der Waals surface area (Å²) < 4.78 is 3.10. The highest BCUT2D eigenvalue weighted by molar-refractivity contribution is 9.10. The molecule has 0 unspecified atom stereocenters. The van der Waals surface area contributed by atoms with Crippen LogP contribution >= 0.6 is 28.3 Å². The van der Waals surface area contributed by atoms with E-state index in [9.17, 15) is 0 Å². The quantitative estimate of drug-likeness (QED) is 0.914. The molecule has 1 aromatic rings. The van der Waals surface area contributed by atoms with E-state index in [1.165, 1.54) is 5.69 Å². The molecule has 1 aromatic heterocycles. The Morgan fingerprint density at radius 2 is 2.19 bits per heavy atom. The minimum atomic E-state index is 0. The first kappa shape index (κ1) is 14.0. The van der Waals surface area contributed by atoms with Crippen molar-refractivity contribution >= 4 is 28.3 Å². The van der Waals surface area contributed by atoms with Crippen LogP contribution in [0.4, 0.5) is 0 Å². The van der Waals surface area contributed by atoms with Gasteiger partial charge in [-0.25, -0.2) is 0 Å². The monoisotopic (exact) mass is 308 g/mol. The molecule has 0 aliphatic carbocycles. The maximum atomic E-state index is 4.39. The standard InChI is InChI=1S/C10H17BrN4.ClH/c1-7-10(11)9(15(3)13-7)6-14(2)8-4-12-5-8;/h8,12H,4-6H2,1-3H3;1H. The van der Waals surface area contributed by atoms with Crippen molar-refractivity contribution in [1.29, 1.82) is 0 Å². The van der Waals surface area contributed by atoms with Crippen LogP contribution in [-0.4, -0.2) is 40.9 Å². The van der Waals surface area contributed by atoms with Gasteiger partial charge in [-0.3, -0.25) is 9.58 Å². The molecular formula is C10H18BrClN4. The highest BCUT2D eigenvalue weighted by Gasteiger charge is 2.23. The maximum Gasteiger partial charge on any atom is 0.0739 e. The van der Waals surface area contributed by atoms with Crippen molar-refractivity contribution in [2.24, 2.45) is 7.05 Å². The highest BCUT2D eigenvalue weighted by atomic mass is 79.9. The molecule has 1 aliphatic heterocycles. The number of rotatable bonds is 3. The van der Waals surface area contributed by atoms with Crippen LogP contribution in [0.25, 0.3) is 0 Å². The van der Waals surface area contributed by atoms with Gasteiger partial charge in [0, 0.05) is 32.7 Å². The molecule has 0 spiro atoms. The van der Waals surface area contributed by atoms with Gasteiger partial charge in [-0.1, -0.05) is 0 Å². The first-order chi connectivity index (χ1) is 7.09. The Balaban J connectivity index is 0.00000128. The van der Waals surface area contributed by atoms with Gasteiger partial charge in [-0.2, -0.15) is 5.10 Å². The molecule has 1 fully saturated rings. The smallest absolute Gasteiger partial charge is 0.0739 e. The van der Waals surface area contributed by atoms with E-state index >= 15 is 0 Å². The fourth-order valence-corrected chi connectivity index (χ4v) is 2.26. The Hall–Kier alpha value is -0.100. The van der Waals surface area contributed by atoms with E-state index < -0.39 is 0 Å². The molecule has 1 saturated heterocycles. The lowest BCUT2D eigenvalue weighted by Gasteiger charge is -2.35. The molecular weight excluding hydrogens is 291 g/mol. The topological polar surface area (TPSA) is 33.1 Å². The van der Waals surface area contributed by atoms with E-state index in [4.69, 9.17) is 0 Å². The molecule has 6 heteroatoms. The van der Waals surface area contributed by atoms with Gasteiger partial charge in [0.15, 0.2) is 0 Å². The van der Waals surface area contributed by atoms with Gasteiger partial charge in [0.1, 0.15) is 0 Å². The average Bonchev–Trinajstić information content (AvgIpc) is 2.29. The van der Waals surface area contributed by atoms with Gasteiger partial charge < -0.3 is 5.32 Å². The second-order valence-electron chi connectivity index (χ2n) is 4.20. The zero-order chi connectivity index (χ0) is 11.0. The number of likely N-dealkylation sites (N-methyl/N-ethyl adjacent to an activating group) is 1. The lowest BCUT2D eigenvalue weighted by molar-refractivity contribution is 0.169. The Bertz CT molecular complexity index is 362. The van der Waals surface area contributed by atoms with Crippen LogP contribution in [0.1, 0.15) is 11.4 Å². The summed E-state index contributed by atoms with van der Waals surface area (Å²) in [5.74, 6) is 0. The van der Waals surface area contributed by atoms with Crippen molar-refractivity contribution in [3.8, 4) is 0 Å². The number of hydrogen-bond donors (Lipinski definition) is 1. The van der Waals surface area contributed by atoms with Gasteiger partial charge in [0.2, 0.25) is 0 Å². The SMILES string of the molecule is Cc1nn(C)c(CN(C)C2CNC2)c1Br.Cl. The minimum absolute atomic E-state index is 0. The largest absolute Gasteiger partial charge is 0.314 e. The summed E-state index contributed by atoms with van der Waals surface area (Å²) in [4.78, 5) is 2.37. The van der Waals surface area contributed by atoms with Gasteiger partial charge in [0.25, 0.3) is 0 Å².